The van der Waals surface area contributed by atoms with Gasteiger partial charge in [-0.15, -0.1) is 11.6 Å². The molecule has 2 heteroatoms. The van der Waals surface area contributed by atoms with Crippen LogP contribution in [-0.4, -0.2) is 11.2 Å². The van der Waals surface area contributed by atoms with Crippen molar-refractivity contribution in [1.82, 2.24) is 0 Å². The molecule has 0 saturated heterocycles. The minimum atomic E-state index is 0.185. The van der Waals surface area contributed by atoms with E-state index in [1.54, 1.807) is 0 Å². The van der Waals surface area contributed by atoms with Crippen molar-refractivity contribution in [2.24, 2.45) is 23.7 Å². The first-order valence-electron chi connectivity index (χ1n) is 4.93. The van der Waals surface area contributed by atoms with Crippen molar-refractivity contribution in [2.45, 2.75) is 31.1 Å². The largest absolute Gasteiger partial charge is 0.299 e. The lowest BCUT2D eigenvalue weighted by atomic mass is 9.55. The summed E-state index contributed by atoms with van der Waals surface area (Å²) in [5.74, 6) is 2.64. The Hall–Kier alpha value is -0.0400. The molecule has 4 aliphatic rings. The van der Waals surface area contributed by atoms with Crippen molar-refractivity contribution < 1.29 is 4.79 Å². The summed E-state index contributed by atoms with van der Waals surface area (Å²) in [6.07, 6.45) is 4.67. The van der Waals surface area contributed by atoms with E-state index in [9.17, 15) is 4.79 Å². The summed E-state index contributed by atoms with van der Waals surface area (Å²) in [6, 6.07) is 0. The van der Waals surface area contributed by atoms with Crippen LogP contribution in [-0.2, 0) is 4.79 Å². The van der Waals surface area contributed by atoms with Gasteiger partial charge in [0.05, 0.1) is 0 Å². The summed E-state index contributed by atoms with van der Waals surface area (Å²) >= 11 is 6.24. The molecule has 66 valence electrons. The maximum Gasteiger partial charge on any atom is 0.140 e. The average Bonchev–Trinajstić information content (AvgIpc) is 2.07. The third kappa shape index (κ3) is 0.783. The van der Waals surface area contributed by atoms with Gasteiger partial charge in [-0.1, -0.05) is 0 Å². The first kappa shape index (κ1) is 7.37. The van der Waals surface area contributed by atoms with Gasteiger partial charge in [0.1, 0.15) is 5.78 Å². The number of Topliss-reactive ketones (excluding diaryl/α,β-unsaturated/α-hetero) is 1. The summed E-state index contributed by atoms with van der Waals surface area (Å²) in [4.78, 5) is 11.7. The van der Waals surface area contributed by atoms with Crippen molar-refractivity contribution in [2.75, 3.05) is 0 Å². The number of halogens is 1. The number of hydrogen-bond donors (Lipinski definition) is 0. The monoisotopic (exact) mass is 184 g/mol. The second kappa shape index (κ2) is 2.25. The van der Waals surface area contributed by atoms with Crippen molar-refractivity contribution in [3.05, 3.63) is 0 Å². The van der Waals surface area contributed by atoms with E-state index in [0.717, 1.165) is 18.8 Å². The normalized spacial score (nSPS) is 56.4. The molecule has 4 fully saturated rings. The molecule has 4 rings (SSSR count). The molecule has 0 spiro atoms. The fourth-order valence-corrected chi connectivity index (χ4v) is 4.00. The zero-order chi connectivity index (χ0) is 8.29. The van der Waals surface area contributed by atoms with E-state index >= 15 is 0 Å². The van der Waals surface area contributed by atoms with E-state index in [2.05, 4.69) is 0 Å². The highest BCUT2D eigenvalue weighted by Crippen LogP contribution is 2.53. The highest BCUT2D eigenvalue weighted by molar-refractivity contribution is 6.23. The molecule has 0 amide bonds. The van der Waals surface area contributed by atoms with Crippen LogP contribution in [0.4, 0.5) is 0 Å². The predicted octanol–water partition coefficient (Wildman–Crippen LogP) is 2.23. The fourth-order valence-electron chi connectivity index (χ4n) is 3.56. The highest BCUT2D eigenvalue weighted by atomic mass is 35.5. The molecule has 4 aliphatic carbocycles. The average molecular weight is 185 g/mol. The van der Waals surface area contributed by atoms with Crippen molar-refractivity contribution in [3.8, 4) is 0 Å². The van der Waals surface area contributed by atoms with Crippen molar-refractivity contribution >= 4 is 17.4 Å². The Morgan fingerprint density at radius 3 is 2.83 bits per heavy atom. The Morgan fingerprint density at radius 2 is 2.00 bits per heavy atom. The fraction of sp³-hybridized carbons (Fsp3) is 0.900. The van der Waals surface area contributed by atoms with Gasteiger partial charge in [-0.2, -0.15) is 0 Å². The molecule has 12 heavy (non-hydrogen) atoms. The summed E-state index contributed by atoms with van der Waals surface area (Å²) in [5.41, 5.74) is 0. The maximum atomic E-state index is 11.7. The first-order chi connectivity index (χ1) is 5.75. The van der Waals surface area contributed by atoms with Crippen LogP contribution in [0.15, 0.2) is 0 Å². The number of rotatable bonds is 0. The van der Waals surface area contributed by atoms with Gasteiger partial charge < -0.3 is 0 Å². The van der Waals surface area contributed by atoms with Crippen LogP contribution in [0.3, 0.4) is 0 Å². The Labute approximate surface area is 77.5 Å². The molecule has 4 saturated carbocycles. The van der Waals surface area contributed by atoms with Crippen LogP contribution in [0.2, 0.25) is 0 Å². The molecule has 1 nitrogen and oxygen atoms in total. The van der Waals surface area contributed by atoms with E-state index in [-0.39, 0.29) is 11.3 Å². The molecule has 5 atom stereocenters. The van der Waals surface area contributed by atoms with Crippen LogP contribution >= 0.6 is 11.6 Å². The molecular weight excluding hydrogens is 172 g/mol. The third-order valence-corrected chi connectivity index (χ3v) is 4.69. The molecular formula is C10H13ClO. The highest BCUT2D eigenvalue weighted by Gasteiger charge is 2.52. The Bertz CT molecular complexity index is 238. The van der Waals surface area contributed by atoms with Crippen LogP contribution in [0.25, 0.3) is 0 Å². The topological polar surface area (TPSA) is 17.1 Å². The minimum absolute atomic E-state index is 0.185. The van der Waals surface area contributed by atoms with Gasteiger partial charge >= 0.3 is 0 Å². The van der Waals surface area contributed by atoms with E-state index in [0.29, 0.717) is 17.6 Å². The summed E-state index contributed by atoms with van der Waals surface area (Å²) < 4.78 is 0. The van der Waals surface area contributed by atoms with Gasteiger partial charge in [0, 0.05) is 17.2 Å². The smallest absolute Gasteiger partial charge is 0.140 e. The molecule has 0 radical (unpaired) electrons. The minimum Gasteiger partial charge on any atom is -0.299 e. The number of carbonyl (C=O) groups excluding carboxylic acids is 1. The van der Waals surface area contributed by atoms with Gasteiger partial charge in [-0.25, -0.2) is 0 Å². The lowest BCUT2D eigenvalue weighted by molar-refractivity contribution is -0.139. The summed E-state index contributed by atoms with van der Waals surface area (Å²) in [7, 11) is 0. The van der Waals surface area contributed by atoms with Gasteiger partial charge in [-0.3, -0.25) is 4.79 Å². The van der Waals surface area contributed by atoms with Crippen molar-refractivity contribution in [1.29, 1.82) is 0 Å². The van der Waals surface area contributed by atoms with Crippen LogP contribution < -0.4 is 0 Å². The second-order valence-corrected chi connectivity index (χ2v) is 5.22. The van der Waals surface area contributed by atoms with E-state index < -0.39 is 0 Å². The molecule has 4 bridgehead atoms. The zero-order valence-corrected chi connectivity index (χ0v) is 7.76. The van der Waals surface area contributed by atoms with Crippen LogP contribution in [0.1, 0.15) is 25.7 Å². The standard InChI is InChI=1S/C10H13ClO/c11-9-6-1-5-2-7(4-6)10(12)8(9)3-5/h5-9H,1-4H2/t5?,6?,7?,8?,9-/m1/s1. The zero-order valence-electron chi connectivity index (χ0n) is 7.00. The van der Waals surface area contributed by atoms with E-state index in [1.807, 2.05) is 0 Å². The number of alkyl halides is 1. The molecule has 4 unspecified atom stereocenters. The molecule has 0 heterocycles. The number of carbonyl (C=O) groups is 1. The van der Waals surface area contributed by atoms with Gasteiger partial charge in [0.15, 0.2) is 0 Å². The molecule has 0 aromatic heterocycles. The second-order valence-electron chi connectivity index (χ2n) is 4.72. The Kier molecular flexibility index (Phi) is 1.39. The first-order valence-corrected chi connectivity index (χ1v) is 5.37. The third-order valence-electron chi connectivity index (χ3n) is 4.03. The van der Waals surface area contributed by atoms with E-state index in [4.69, 9.17) is 11.6 Å². The van der Waals surface area contributed by atoms with E-state index in [1.165, 1.54) is 12.8 Å². The molecule has 0 aromatic carbocycles. The lowest BCUT2D eigenvalue weighted by Gasteiger charge is -2.51. The van der Waals surface area contributed by atoms with Crippen molar-refractivity contribution in [3.63, 3.8) is 0 Å². The lowest BCUT2D eigenvalue weighted by Crippen LogP contribution is -2.51. The Balaban J connectivity index is 1.98. The molecule has 0 aliphatic heterocycles. The maximum absolute atomic E-state index is 11.7. The van der Waals surface area contributed by atoms with Gasteiger partial charge in [0.25, 0.3) is 0 Å². The SMILES string of the molecule is O=C1C2CC3CC(C2)[C@@H](Cl)C1C3. The molecule has 0 N–H and O–H groups in total. The van der Waals surface area contributed by atoms with Gasteiger partial charge in [-0.05, 0) is 37.5 Å². The number of ketones is 1. The quantitative estimate of drug-likeness (QED) is 0.528. The summed E-state index contributed by atoms with van der Waals surface area (Å²) in [6.45, 7) is 0. The summed E-state index contributed by atoms with van der Waals surface area (Å²) in [5, 5.41) is 0.185. The van der Waals surface area contributed by atoms with Crippen LogP contribution in [0.5, 0.6) is 0 Å². The number of hydrogen-bond acceptors (Lipinski definition) is 1. The van der Waals surface area contributed by atoms with Crippen LogP contribution in [0, 0.1) is 23.7 Å². The Morgan fingerprint density at radius 1 is 1.17 bits per heavy atom. The van der Waals surface area contributed by atoms with Gasteiger partial charge in [0.2, 0.25) is 0 Å². The predicted molar refractivity (Wildman–Crippen MR) is 47.1 cm³/mol. The molecule has 0 aromatic rings.